The standard InChI is InChI=1S/C13H20N2O5S/c1-19-9(16)7-15(8-10(17)20-2)12(18)13(11(14)21)5-3-4-6-13/h3-8H2,1-2H3,(H2,14,21). The Morgan fingerprint density at radius 2 is 1.52 bits per heavy atom. The summed E-state index contributed by atoms with van der Waals surface area (Å²) in [5, 5.41) is 0. The number of hydrogen-bond donors (Lipinski definition) is 1. The molecule has 0 unspecified atom stereocenters. The first-order valence-electron chi connectivity index (χ1n) is 6.60. The fourth-order valence-corrected chi connectivity index (χ4v) is 2.78. The Hall–Kier alpha value is -1.70. The van der Waals surface area contributed by atoms with E-state index in [1.807, 2.05) is 0 Å². The molecule has 21 heavy (non-hydrogen) atoms. The summed E-state index contributed by atoms with van der Waals surface area (Å²) in [6.45, 7) is -0.677. The second-order valence-electron chi connectivity index (χ2n) is 4.97. The van der Waals surface area contributed by atoms with Gasteiger partial charge < -0.3 is 20.1 Å². The van der Waals surface area contributed by atoms with Crippen LogP contribution in [-0.4, -0.2) is 55.0 Å². The molecule has 0 bridgehead atoms. The van der Waals surface area contributed by atoms with E-state index in [0.29, 0.717) is 12.8 Å². The third-order valence-electron chi connectivity index (χ3n) is 3.72. The van der Waals surface area contributed by atoms with Gasteiger partial charge in [0.05, 0.1) is 24.6 Å². The number of ether oxygens (including phenoxy) is 2. The molecule has 0 aromatic carbocycles. The van der Waals surface area contributed by atoms with E-state index < -0.39 is 23.3 Å². The zero-order valence-corrected chi connectivity index (χ0v) is 13.0. The SMILES string of the molecule is COC(=O)CN(CC(=O)OC)C(=O)C1(C(N)=S)CCCC1. The Morgan fingerprint density at radius 1 is 1.10 bits per heavy atom. The Kier molecular flexibility index (Phi) is 6.07. The summed E-state index contributed by atoms with van der Waals surface area (Å²) >= 11 is 5.04. The highest BCUT2D eigenvalue weighted by Crippen LogP contribution is 2.40. The lowest BCUT2D eigenvalue weighted by atomic mass is 9.84. The minimum atomic E-state index is -0.975. The quantitative estimate of drug-likeness (QED) is 0.544. The Balaban J connectivity index is 2.99. The van der Waals surface area contributed by atoms with Crippen molar-refractivity contribution >= 4 is 35.1 Å². The summed E-state index contributed by atoms with van der Waals surface area (Å²) in [4.78, 5) is 36.9. The van der Waals surface area contributed by atoms with E-state index in [-0.39, 0.29) is 18.1 Å². The summed E-state index contributed by atoms with van der Waals surface area (Å²) in [7, 11) is 2.42. The molecule has 0 aliphatic heterocycles. The molecule has 0 saturated heterocycles. The van der Waals surface area contributed by atoms with Gasteiger partial charge >= 0.3 is 11.9 Å². The van der Waals surface area contributed by atoms with Crippen molar-refractivity contribution in [3.05, 3.63) is 0 Å². The second kappa shape index (κ2) is 7.35. The monoisotopic (exact) mass is 316 g/mol. The highest BCUT2D eigenvalue weighted by atomic mass is 32.1. The molecule has 2 N–H and O–H groups in total. The number of rotatable bonds is 6. The minimum Gasteiger partial charge on any atom is -0.468 e. The van der Waals surface area contributed by atoms with Crippen molar-refractivity contribution in [3.8, 4) is 0 Å². The van der Waals surface area contributed by atoms with Gasteiger partial charge in [-0.15, -0.1) is 0 Å². The topological polar surface area (TPSA) is 98.9 Å². The largest absolute Gasteiger partial charge is 0.468 e. The molecule has 1 aliphatic carbocycles. The van der Waals surface area contributed by atoms with Gasteiger partial charge in [-0.1, -0.05) is 25.1 Å². The molecule has 1 aliphatic rings. The third-order valence-corrected chi connectivity index (χ3v) is 4.11. The lowest BCUT2D eigenvalue weighted by Gasteiger charge is -2.32. The number of amides is 1. The zero-order chi connectivity index (χ0) is 16.0. The molecule has 1 rings (SSSR count). The molecule has 1 amide bonds. The fraction of sp³-hybridized carbons (Fsp3) is 0.692. The number of hydrogen-bond acceptors (Lipinski definition) is 6. The summed E-state index contributed by atoms with van der Waals surface area (Å²) in [6, 6.07) is 0. The number of carbonyl (C=O) groups excluding carboxylic acids is 3. The average molecular weight is 316 g/mol. The first kappa shape index (κ1) is 17.4. The number of nitrogens with zero attached hydrogens (tertiary/aromatic N) is 1. The Labute approximate surface area is 128 Å². The van der Waals surface area contributed by atoms with E-state index >= 15 is 0 Å². The van der Waals surface area contributed by atoms with Gasteiger partial charge in [0.2, 0.25) is 5.91 Å². The Morgan fingerprint density at radius 3 is 1.86 bits per heavy atom. The second-order valence-corrected chi connectivity index (χ2v) is 5.41. The van der Waals surface area contributed by atoms with Crippen LogP contribution in [0.2, 0.25) is 0 Å². The van der Waals surface area contributed by atoms with Crippen LogP contribution in [0, 0.1) is 5.41 Å². The van der Waals surface area contributed by atoms with Gasteiger partial charge in [0.25, 0.3) is 0 Å². The van der Waals surface area contributed by atoms with Crippen molar-refractivity contribution in [2.75, 3.05) is 27.3 Å². The van der Waals surface area contributed by atoms with Crippen LogP contribution in [0.25, 0.3) is 0 Å². The van der Waals surface area contributed by atoms with Crippen LogP contribution < -0.4 is 5.73 Å². The number of methoxy groups -OCH3 is 2. The number of nitrogens with two attached hydrogens (primary N) is 1. The molecule has 0 radical (unpaired) electrons. The van der Waals surface area contributed by atoms with Crippen LogP contribution in [0.15, 0.2) is 0 Å². The van der Waals surface area contributed by atoms with Crippen molar-refractivity contribution in [2.24, 2.45) is 11.1 Å². The van der Waals surface area contributed by atoms with Gasteiger partial charge in [-0.2, -0.15) is 0 Å². The minimum absolute atomic E-state index is 0.102. The molecule has 0 spiro atoms. The fourth-order valence-electron chi connectivity index (χ4n) is 2.49. The smallest absolute Gasteiger partial charge is 0.325 e. The zero-order valence-electron chi connectivity index (χ0n) is 12.2. The molecule has 8 heteroatoms. The van der Waals surface area contributed by atoms with Gasteiger partial charge in [0.15, 0.2) is 0 Å². The molecular weight excluding hydrogens is 296 g/mol. The van der Waals surface area contributed by atoms with Gasteiger partial charge in [-0.25, -0.2) is 0 Å². The van der Waals surface area contributed by atoms with Gasteiger partial charge in [-0.3, -0.25) is 14.4 Å². The number of carbonyl (C=O) groups is 3. The van der Waals surface area contributed by atoms with Crippen LogP contribution in [0.3, 0.4) is 0 Å². The highest BCUT2D eigenvalue weighted by Gasteiger charge is 2.46. The van der Waals surface area contributed by atoms with Gasteiger partial charge in [0, 0.05) is 0 Å². The van der Waals surface area contributed by atoms with Crippen LogP contribution in [0.5, 0.6) is 0 Å². The summed E-state index contributed by atoms with van der Waals surface area (Å²) in [5.74, 6) is -1.66. The molecule has 0 heterocycles. The third kappa shape index (κ3) is 3.90. The summed E-state index contributed by atoms with van der Waals surface area (Å²) < 4.78 is 9.11. The van der Waals surface area contributed by atoms with E-state index in [1.54, 1.807) is 0 Å². The predicted molar refractivity (Wildman–Crippen MR) is 78.3 cm³/mol. The average Bonchev–Trinajstić information content (AvgIpc) is 2.96. The summed E-state index contributed by atoms with van der Waals surface area (Å²) in [5.41, 5.74) is 4.77. The van der Waals surface area contributed by atoms with Crippen LogP contribution in [-0.2, 0) is 23.9 Å². The van der Waals surface area contributed by atoms with Crippen LogP contribution in [0.1, 0.15) is 25.7 Å². The first-order chi connectivity index (χ1) is 9.87. The first-order valence-corrected chi connectivity index (χ1v) is 7.01. The van der Waals surface area contributed by atoms with Crippen LogP contribution in [0.4, 0.5) is 0 Å². The molecule has 0 atom stereocenters. The maximum Gasteiger partial charge on any atom is 0.325 e. The van der Waals surface area contributed by atoms with E-state index in [9.17, 15) is 14.4 Å². The number of esters is 2. The molecule has 0 aromatic heterocycles. The van der Waals surface area contributed by atoms with Crippen molar-refractivity contribution in [3.63, 3.8) is 0 Å². The van der Waals surface area contributed by atoms with E-state index in [0.717, 1.165) is 17.7 Å². The van der Waals surface area contributed by atoms with Crippen molar-refractivity contribution < 1.29 is 23.9 Å². The van der Waals surface area contributed by atoms with Crippen molar-refractivity contribution in [1.29, 1.82) is 0 Å². The lowest BCUT2D eigenvalue weighted by Crippen LogP contribution is -2.52. The highest BCUT2D eigenvalue weighted by molar-refractivity contribution is 7.80. The molecule has 1 saturated carbocycles. The van der Waals surface area contributed by atoms with E-state index in [2.05, 4.69) is 9.47 Å². The van der Waals surface area contributed by atoms with Crippen molar-refractivity contribution in [1.82, 2.24) is 4.90 Å². The normalized spacial score (nSPS) is 16.1. The van der Waals surface area contributed by atoms with Gasteiger partial charge in [-0.05, 0) is 12.8 Å². The van der Waals surface area contributed by atoms with Crippen molar-refractivity contribution in [2.45, 2.75) is 25.7 Å². The number of thiocarbonyl (C=S) groups is 1. The lowest BCUT2D eigenvalue weighted by molar-refractivity contribution is -0.154. The van der Waals surface area contributed by atoms with Gasteiger partial charge in [0.1, 0.15) is 13.1 Å². The molecule has 118 valence electrons. The summed E-state index contributed by atoms with van der Waals surface area (Å²) in [6.07, 6.45) is 2.71. The van der Waals surface area contributed by atoms with E-state index in [4.69, 9.17) is 18.0 Å². The van der Waals surface area contributed by atoms with Crippen LogP contribution >= 0.6 is 12.2 Å². The predicted octanol–water partition coefficient (Wildman–Crippen LogP) is 0.00750. The molecular formula is C13H20N2O5S. The van der Waals surface area contributed by atoms with E-state index in [1.165, 1.54) is 14.2 Å². The molecule has 0 aromatic rings. The maximum atomic E-state index is 12.8. The molecule has 1 fully saturated rings. The molecule has 7 nitrogen and oxygen atoms in total. The maximum absolute atomic E-state index is 12.8. The Bertz CT molecular complexity index is 428.